The smallest absolute Gasteiger partial charge is 0.0294 e. The van der Waals surface area contributed by atoms with Gasteiger partial charge in [0.25, 0.3) is 0 Å². The minimum absolute atomic E-state index is 0.224. The fourth-order valence-electron chi connectivity index (χ4n) is 2.31. The Hall–Kier alpha value is -0.820. The summed E-state index contributed by atoms with van der Waals surface area (Å²) < 4.78 is 0. The molecule has 1 nitrogen and oxygen atoms in total. The lowest BCUT2D eigenvalue weighted by molar-refractivity contribution is 0.547. The maximum atomic E-state index is 6.23. The van der Waals surface area contributed by atoms with E-state index in [9.17, 15) is 0 Å². The fourth-order valence-corrected chi connectivity index (χ4v) is 2.31. The lowest BCUT2D eigenvalue weighted by Crippen LogP contribution is -2.10. The van der Waals surface area contributed by atoms with Crippen LogP contribution in [0.5, 0.6) is 0 Å². The van der Waals surface area contributed by atoms with Gasteiger partial charge in [0.2, 0.25) is 0 Å². The van der Waals surface area contributed by atoms with Gasteiger partial charge in [-0.3, -0.25) is 0 Å². The molecule has 0 aliphatic carbocycles. The van der Waals surface area contributed by atoms with Crippen molar-refractivity contribution in [2.45, 2.75) is 71.3 Å². The molecule has 102 valence electrons. The monoisotopic (exact) mass is 247 g/mol. The van der Waals surface area contributed by atoms with Crippen LogP contribution in [-0.4, -0.2) is 0 Å². The fraction of sp³-hybridized carbons (Fsp3) is 0.647. The van der Waals surface area contributed by atoms with Gasteiger partial charge in [-0.05, 0) is 24.0 Å². The van der Waals surface area contributed by atoms with Crippen molar-refractivity contribution in [3.8, 4) is 0 Å². The van der Waals surface area contributed by atoms with Gasteiger partial charge >= 0.3 is 0 Å². The van der Waals surface area contributed by atoms with Crippen LogP contribution in [0.15, 0.2) is 24.3 Å². The van der Waals surface area contributed by atoms with Crippen LogP contribution < -0.4 is 5.73 Å². The van der Waals surface area contributed by atoms with Gasteiger partial charge in [-0.25, -0.2) is 0 Å². The summed E-state index contributed by atoms with van der Waals surface area (Å²) in [5, 5.41) is 0. The predicted molar refractivity (Wildman–Crippen MR) is 80.7 cm³/mol. The van der Waals surface area contributed by atoms with Crippen molar-refractivity contribution in [1.82, 2.24) is 0 Å². The lowest BCUT2D eigenvalue weighted by Gasteiger charge is -2.12. The second kappa shape index (κ2) is 9.16. The Morgan fingerprint density at radius 3 is 2.11 bits per heavy atom. The van der Waals surface area contributed by atoms with E-state index < -0.39 is 0 Å². The molecule has 0 saturated carbocycles. The van der Waals surface area contributed by atoms with E-state index in [-0.39, 0.29) is 6.04 Å². The molecule has 0 aliphatic rings. The van der Waals surface area contributed by atoms with Gasteiger partial charge in [0.05, 0.1) is 0 Å². The van der Waals surface area contributed by atoms with Gasteiger partial charge < -0.3 is 5.73 Å². The van der Waals surface area contributed by atoms with Crippen LogP contribution in [0, 0.1) is 0 Å². The van der Waals surface area contributed by atoms with Gasteiger partial charge in [0, 0.05) is 6.04 Å². The van der Waals surface area contributed by atoms with Crippen molar-refractivity contribution in [1.29, 1.82) is 0 Å². The first-order valence-corrected chi connectivity index (χ1v) is 7.62. The van der Waals surface area contributed by atoms with Crippen molar-refractivity contribution in [2.75, 3.05) is 0 Å². The van der Waals surface area contributed by atoms with E-state index in [4.69, 9.17) is 5.73 Å². The molecule has 1 atom stereocenters. The van der Waals surface area contributed by atoms with Crippen molar-refractivity contribution in [2.24, 2.45) is 5.73 Å². The van der Waals surface area contributed by atoms with Crippen molar-refractivity contribution in [3.05, 3.63) is 35.4 Å². The maximum Gasteiger partial charge on any atom is 0.0294 e. The topological polar surface area (TPSA) is 26.0 Å². The van der Waals surface area contributed by atoms with Gasteiger partial charge in [-0.2, -0.15) is 0 Å². The average molecular weight is 247 g/mol. The normalized spacial score (nSPS) is 12.6. The SMILES string of the molecule is CCCCCCCCC(N)c1ccc(CC)cc1. The molecule has 0 fully saturated rings. The average Bonchev–Trinajstić information content (AvgIpc) is 2.42. The van der Waals surface area contributed by atoms with E-state index >= 15 is 0 Å². The summed E-state index contributed by atoms with van der Waals surface area (Å²) in [5.74, 6) is 0. The third-order valence-corrected chi connectivity index (χ3v) is 3.68. The molecule has 0 aliphatic heterocycles. The molecule has 1 heteroatoms. The van der Waals surface area contributed by atoms with Crippen LogP contribution >= 0.6 is 0 Å². The molecule has 0 saturated heterocycles. The Morgan fingerprint density at radius 1 is 0.889 bits per heavy atom. The summed E-state index contributed by atoms with van der Waals surface area (Å²) in [6.07, 6.45) is 10.3. The third-order valence-electron chi connectivity index (χ3n) is 3.68. The first-order valence-electron chi connectivity index (χ1n) is 7.62. The summed E-state index contributed by atoms with van der Waals surface area (Å²) in [7, 11) is 0. The molecule has 0 radical (unpaired) electrons. The molecule has 0 heterocycles. The molecular formula is C17H29N. The van der Waals surface area contributed by atoms with Crippen molar-refractivity contribution < 1.29 is 0 Å². The van der Waals surface area contributed by atoms with E-state index in [1.54, 1.807) is 0 Å². The number of nitrogens with two attached hydrogens (primary N) is 1. The van der Waals surface area contributed by atoms with Gasteiger partial charge in [-0.1, -0.05) is 76.6 Å². The molecule has 18 heavy (non-hydrogen) atoms. The Balaban J connectivity index is 2.21. The van der Waals surface area contributed by atoms with E-state index in [2.05, 4.69) is 38.1 Å². The largest absolute Gasteiger partial charge is 0.324 e. The highest BCUT2D eigenvalue weighted by atomic mass is 14.6. The minimum atomic E-state index is 0.224. The van der Waals surface area contributed by atoms with Crippen molar-refractivity contribution in [3.63, 3.8) is 0 Å². The van der Waals surface area contributed by atoms with Crippen molar-refractivity contribution >= 4 is 0 Å². The molecule has 0 amide bonds. The zero-order valence-corrected chi connectivity index (χ0v) is 12.1. The van der Waals surface area contributed by atoms with E-state index in [1.165, 1.54) is 49.7 Å². The van der Waals surface area contributed by atoms with Gasteiger partial charge in [0.15, 0.2) is 0 Å². The number of unbranched alkanes of at least 4 members (excludes halogenated alkanes) is 5. The summed E-state index contributed by atoms with van der Waals surface area (Å²) in [6.45, 7) is 4.45. The zero-order chi connectivity index (χ0) is 13.2. The van der Waals surface area contributed by atoms with Crippen LogP contribution in [-0.2, 0) is 6.42 Å². The summed E-state index contributed by atoms with van der Waals surface area (Å²) in [4.78, 5) is 0. The van der Waals surface area contributed by atoms with E-state index in [1.807, 2.05) is 0 Å². The minimum Gasteiger partial charge on any atom is -0.324 e. The number of hydrogen-bond donors (Lipinski definition) is 1. The summed E-state index contributed by atoms with van der Waals surface area (Å²) in [5.41, 5.74) is 8.91. The molecule has 1 rings (SSSR count). The Kier molecular flexibility index (Phi) is 7.75. The zero-order valence-electron chi connectivity index (χ0n) is 12.1. The highest BCUT2D eigenvalue weighted by Gasteiger charge is 2.05. The van der Waals surface area contributed by atoms with Crippen LogP contribution in [0.3, 0.4) is 0 Å². The maximum absolute atomic E-state index is 6.23. The first-order chi connectivity index (χ1) is 8.77. The molecule has 1 unspecified atom stereocenters. The van der Waals surface area contributed by atoms with Gasteiger partial charge in [0.1, 0.15) is 0 Å². The number of hydrogen-bond acceptors (Lipinski definition) is 1. The molecule has 0 bridgehead atoms. The molecular weight excluding hydrogens is 218 g/mol. The summed E-state index contributed by atoms with van der Waals surface area (Å²) in [6, 6.07) is 9.02. The van der Waals surface area contributed by atoms with Gasteiger partial charge in [-0.15, -0.1) is 0 Å². The van der Waals surface area contributed by atoms with Crippen LogP contribution in [0.2, 0.25) is 0 Å². The molecule has 0 aromatic heterocycles. The van der Waals surface area contributed by atoms with E-state index in [0.29, 0.717) is 0 Å². The predicted octanol–water partition coefficient (Wildman–Crippen LogP) is 5.00. The Morgan fingerprint density at radius 2 is 1.50 bits per heavy atom. The summed E-state index contributed by atoms with van der Waals surface area (Å²) >= 11 is 0. The van der Waals surface area contributed by atoms with Crippen LogP contribution in [0.4, 0.5) is 0 Å². The highest BCUT2D eigenvalue weighted by Crippen LogP contribution is 2.18. The second-order valence-corrected chi connectivity index (χ2v) is 5.26. The second-order valence-electron chi connectivity index (χ2n) is 5.26. The number of aryl methyl sites for hydroxylation is 1. The first kappa shape index (κ1) is 15.2. The Bertz CT molecular complexity index is 302. The number of benzene rings is 1. The third kappa shape index (κ3) is 5.68. The highest BCUT2D eigenvalue weighted by molar-refractivity contribution is 5.24. The lowest BCUT2D eigenvalue weighted by atomic mass is 9.99. The van der Waals surface area contributed by atoms with Crippen LogP contribution in [0.1, 0.15) is 76.0 Å². The quantitative estimate of drug-likeness (QED) is 0.611. The molecule has 1 aromatic carbocycles. The molecule has 0 spiro atoms. The standard InChI is InChI=1S/C17H29N/c1-3-5-6-7-8-9-10-17(18)16-13-11-15(4-2)12-14-16/h11-14,17H,3-10,18H2,1-2H3. The van der Waals surface area contributed by atoms with E-state index in [0.717, 1.165) is 12.8 Å². The Labute approximate surface area is 113 Å². The molecule has 2 N–H and O–H groups in total. The van der Waals surface area contributed by atoms with Crippen LogP contribution in [0.25, 0.3) is 0 Å². The molecule has 1 aromatic rings. The number of rotatable bonds is 9.